The summed E-state index contributed by atoms with van der Waals surface area (Å²) in [6.07, 6.45) is 4.78. The summed E-state index contributed by atoms with van der Waals surface area (Å²) >= 11 is 0. The third-order valence-electron chi connectivity index (χ3n) is 5.34. The van der Waals surface area contributed by atoms with Gasteiger partial charge in [-0.05, 0) is 52.0 Å². The molecule has 1 aliphatic rings. The lowest BCUT2D eigenvalue weighted by molar-refractivity contribution is -0.137. The van der Waals surface area contributed by atoms with Crippen molar-refractivity contribution in [1.29, 1.82) is 0 Å². The highest BCUT2D eigenvalue weighted by Crippen LogP contribution is 2.25. The molecule has 0 N–H and O–H groups in total. The normalized spacial score (nSPS) is 17.5. The van der Waals surface area contributed by atoms with Gasteiger partial charge in [0, 0.05) is 24.3 Å². The Hall–Kier alpha value is -2.44. The Morgan fingerprint density at radius 1 is 1.25 bits per heavy atom. The number of carbonyl (C=O) groups excluding carboxylic acids is 2. The van der Waals surface area contributed by atoms with Crippen LogP contribution in [-0.4, -0.2) is 50.7 Å². The van der Waals surface area contributed by atoms with Gasteiger partial charge in [0.15, 0.2) is 12.3 Å². The fraction of sp³-hybridized carbons (Fsp3) is 0.619. The van der Waals surface area contributed by atoms with Crippen molar-refractivity contribution in [3.63, 3.8) is 0 Å². The molecule has 2 aromatic heterocycles. The molecule has 0 aromatic carbocycles. The molecule has 7 nitrogen and oxygen atoms in total. The second kappa shape index (κ2) is 8.29. The zero-order valence-electron chi connectivity index (χ0n) is 17.4. The second-order valence-electron chi connectivity index (χ2n) is 8.18. The number of piperidine rings is 1. The minimum atomic E-state index is -0.504. The fourth-order valence-corrected chi connectivity index (χ4v) is 3.64. The molecule has 28 heavy (non-hydrogen) atoms. The van der Waals surface area contributed by atoms with E-state index in [1.165, 1.54) is 0 Å². The molecule has 0 aliphatic carbocycles. The minimum Gasteiger partial charge on any atom is -0.452 e. The van der Waals surface area contributed by atoms with Crippen molar-refractivity contribution in [2.45, 2.75) is 71.9 Å². The van der Waals surface area contributed by atoms with E-state index in [2.05, 4.69) is 5.10 Å². The highest BCUT2D eigenvalue weighted by Gasteiger charge is 2.25. The third-order valence-corrected chi connectivity index (χ3v) is 5.34. The van der Waals surface area contributed by atoms with Crippen molar-refractivity contribution in [1.82, 2.24) is 19.7 Å². The molecule has 1 aliphatic heterocycles. The lowest BCUT2D eigenvalue weighted by Gasteiger charge is -2.33. The predicted molar refractivity (Wildman–Crippen MR) is 107 cm³/mol. The largest absolute Gasteiger partial charge is 0.452 e. The Balaban J connectivity index is 1.83. The lowest BCUT2D eigenvalue weighted by Crippen LogP contribution is -2.44. The van der Waals surface area contributed by atoms with Crippen molar-refractivity contribution in [2.24, 2.45) is 0 Å². The number of amides is 1. The van der Waals surface area contributed by atoms with Crippen LogP contribution in [0.4, 0.5) is 0 Å². The van der Waals surface area contributed by atoms with Crippen LogP contribution in [0.5, 0.6) is 0 Å². The molecule has 2 aromatic rings. The van der Waals surface area contributed by atoms with Crippen LogP contribution in [0.3, 0.4) is 0 Å². The van der Waals surface area contributed by atoms with Crippen LogP contribution in [0.1, 0.15) is 81.9 Å². The maximum absolute atomic E-state index is 12.8. The first-order chi connectivity index (χ1) is 13.3. The SMILES string of the molecule is CC(C)c1cc(C(=O)OCC(=O)N2CCCC[C@H]2C)c2cnn(C(C)C)c2n1. The van der Waals surface area contributed by atoms with Gasteiger partial charge < -0.3 is 9.64 Å². The third kappa shape index (κ3) is 4.03. The van der Waals surface area contributed by atoms with Gasteiger partial charge in [0.2, 0.25) is 0 Å². The maximum Gasteiger partial charge on any atom is 0.339 e. The van der Waals surface area contributed by atoms with Gasteiger partial charge in [-0.1, -0.05) is 13.8 Å². The standard InChI is InChI=1S/C21H30N4O3/c1-13(2)18-10-16(17-11-22-25(14(3)4)20(17)23-18)21(27)28-12-19(26)24-9-7-6-8-15(24)5/h10-11,13-15H,6-9,12H2,1-5H3/t15-/m1/s1. The van der Waals surface area contributed by atoms with Crippen molar-refractivity contribution in [3.05, 3.63) is 23.5 Å². The molecule has 7 heteroatoms. The summed E-state index contributed by atoms with van der Waals surface area (Å²) in [5.41, 5.74) is 1.89. The monoisotopic (exact) mass is 386 g/mol. The van der Waals surface area contributed by atoms with Crippen LogP contribution in [0.2, 0.25) is 0 Å². The molecular weight excluding hydrogens is 356 g/mol. The number of likely N-dealkylation sites (tertiary alicyclic amines) is 1. The molecule has 1 atom stereocenters. The number of aromatic nitrogens is 3. The van der Waals surface area contributed by atoms with Crippen LogP contribution < -0.4 is 0 Å². The number of rotatable bonds is 5. The first-order valence-corrected chi connectivity index (χ1v) is 10.1. The number of pyridine rings is 1. The molecular formula is C21H30N4O3. The number of carbonyl (C=O) groups is 2. The van der Waals surface area contributed by atoms with Gasteiger partial charge >= 0.3 is 5.97 Å². The van der Waals surface area contributed by atoms with Gasteiger partial charge in [0.05, 0.1) is 17.1 Å². The average molecular weight is 386 g/mol. The fourth-order valence-electron chi connectivity index (χ4n) is 3.64. The summed E-state index contributed by atoms with van der Waals surface area (Å²) < 4.78 is 7.21. The molecule has 3 rings (SSSR count). The van der Waals surface area contributed by atoms with E-state index < -0.39 is 5.97 Å². The summed E-state index contributed by atoms with van der Waals surface area (Å²) in [7, 11) is 0. The number of hydrogen-bond donors (Lipinski definition) is 0. The molecule has 3 heterocycles. The van der Waals surface area contributed by atoms with Gasteiger partial charge in [-0.25, -0.2) is 14.5 Å². The molecule has 0 saturated carbocycles. The van der Waals surface area contributed by atoms with E-state index >= 15 is 0 Å². The summed E-state index contributed by atoms with van der Waals surface area (Å²) in [6.45, 7) is 10.6. The van der Waals surface area contributed by atoms with Crippen molar-refractivity contribution >= 4 is 22.9 Å². The van der Waals surface area contributed by atoms with Crippen molar-refractivity contribution < 1.29 is 14.3 Å². The van der Waals surface area contributed by atoms with Gasteiger partial charge in [-0.2, -0.15) is 5.10 Å². The summed E-state index contributed by atoms with van der Waals surface area (Å²) in [5.74, 6) is -0.481. The Morgan fingerprint density at radius 3 is 2.64 bits per heavy atom. The van der Waals surface area contributed by atoms with Crippen molar-refractivity contribution in [2.75, 3.05) is 13.2 Å². The van der Waals surface area contributed by atoms with Gasteiger partial charge in [-0.3, -0.25) is 4.79 Å². The summed E-state index contributed by atoms with van der Waals surface area (Å²) in [4.78, 5) is 31.8. The number of fused-ring (bicyclic) bond motifs is 1. The molecule has 0 spiro atoms. The van der Waals surface area contributed by atoms with E-state index in [0.717, 1.165) is 31.5 Å². The summed E-state index contributed by atoms with van der Waals surface area (Å²) in [6, 6.07) is 2.08. The maximum atomic E-state index is 12.8. The molecule has 1 fully saturated rings. The highest BCUT2D eigenvalue weighted by molar-refractivity contribution is 6.03. The first-order valence-electron chi connectivity index (χ1n) is 10.1. The number of nitrogens with zero attached hydrogens (tertiary/aromatic N) is 4. The highest BCUT2D eigenvalue weighted by atomic mass is 16.5. The Kier molecular flexibility index (Phi) is 6.01. The zero-order valence-corrected chi connectivity index (χ0v) is 17.4. The van der Waals surface area contributed by atoms with Crippen LogP contribution in [0.15, 0.2) is 12.3 Å². The van der Waals surface area contributed by atoms with E-state index in [4.69, 9.17) is 9.72 Å². The van der Waals surface area contributed by atoms with Crippen LogP contribution in [0, 0.1) is 0 Å². The zero-order chi connectivity index (χ0) is 20.4. The molecule has 0 radical (unpaired) electrons. The van der Waals surface area contributed by atoms with E-state index in [1.807, 2.05) is 39.5 Å². The molecule has 1 saturated heterocycles. The van der Waals surface area contributed by atoms with Crippen LogP contribution in [0.25, 0.3) is 11.0 Å². The Labute approximate surface area is 166 Å². The van der Waals surface area contributed by atoms with E-state index in [0.29, 0.717) is 16.6 Å². The molecule has 1 amide bonds. The molecule has 0 unspecified atom stereocenters. The first kappa shape index (κ1) is 20.3. The Morgan fingerprint density at radius 2 is 2.00 bits per heavy atom. The topological polar surface area (TPSA) is 77.3 Å². The van der Waals surface area contributed by atoms with E-state index in [-0.39, 0.29) is 30.5 Å². The number of ether oxygens (including phenoxy) is 1. The van der Waals surface area contributed by atoms with Gasteiger partial charge in [0.1, 0.15) is 0 Å². The molecule has 152 valence electrons. The van der Waals surface area contributed by atoms with Crippen LogP contribution >= 0.6 is 0 Å². The summed E-state index contributed by atoms with van der Waals surface area (Å²) in [5, 5.41) is 5.04. The Bertz CT molecular complexity index is 872. The average Bonchev–Trinajstić information content (AvgIpc) is 3.09. The van der Waals surface area contributed by atoms with Gasteiger partial charge in [-0.15, -0.1) is 0 Å². The number of esters is 1. The quantitative estimate of drug-likeness (QED) is 0.733. The van der Waals surface area contributed by atoms with Crippen molar-refractivity contribution in [3.8, 4) is 0 Å². The second-order valence-corrected chi connectivity index (χ2v) is 8.18. The number of hydrogen-bond acceptors (Lipinski definition) is 5. The predicted octanol–water partition coefficient (Wildman–Crippen LogP) is 3.69. The van der Waals surface area contributed by atoms with Gasteiger partial charge in [0.25, 0.3) is 5.91 Å². The lowest BCUT2D eigenvalue weighted by atomic mass is 10.0. The smallest absolute Gasteiger partial charge is 0.339 e. The van der Waals surface area contributed by atoms with E-state index in [9.17, 15) is 9.59 Å². The van der Waals surface area contributed by atoms with E-state index in [1.54, 1.807) is 16.9 Å². The molecule has 0 bridgehead atoms. The minimum absolute atomic E-state index is 0.124. The van der Waals surface area contributed by atoms with Crippen LogP contribution in [-0.2, 0) is 9.53 Å².